The molecule has 22 heavy (non-hydrogen) atoms. The lowest BCUT2D eigenvalue weighted by atomic mass is 9.77. The minimum absolute atomic E-state index is 0. The summed E-state index contributed by atoms with van der Waals surface area (Å²) in [6.45, 7) is 5.85. The summed E-state index contributed by atoms with van der Waals surface area (Å²) in [6.07, 6.45) is 2.26. The van der Waals surface area contributed by atoms with Gasteiger partial charge in [0.2, 0.25) is 0 Å². The first-order valence-electron chi connectivity index (χ1n) is 7.16. The number of carbonyl (C=O) groups excluding carboxylic acids is 1. The Morgan fingerprint density at radius 3 is 2.86 bits per heavy atom. The van der Waals surface area contributed by atoms with Crippen LogP contribution < -0.4 is 10.6 Å². The maximum Gasteiger partial charge on any atom is 0.270 e. The van der Waals surface area contributed by atoms with E-state index in [1.165, 1.54) is 18.2 Å². The van der Waals surface area contributed by atoms with Crippen LogP contribution in [0.2, 0.25) is 0 Å². The second kappa shape index (κ2) is 7.56. The highest BCUT2D eigenvalue weighted by atomic mass is 35.5. The molecule has 2 rings (SSSR count). The number of amides is 1. The zero-order valence-electron chi connectivity index (χ0n) is 12.8. The van der Waals surface area contributed by atoms with Gasteiger partial charge in [-0.25, -0.2) is 0 Å². The number of carbonyl (C=O) groups is 1. The molecule has 0 radical (unpaired) electrons. The van der Waals surface area contributed by atoms with E-state index in [1.807, 2.05) is 0 Å². The van der Waals surface area contributed by atoms with Crippen LogP contribution in [-0.2, 0) is 0 Å². The van der Waals surface area contributed by atoms with Crippen molar-refractivity contribution in [1.82, 2.24) is 10.6 Å². The molecule has 0 spiro atoms. The number of halogens is 1. The van der Waals surface area contributed by atoms with Crippen molar-refractivity contribution in [3.63, 3.8) is 0 Å². The second-order valence-electron chi connectivity index (χ2n) is 6.12. The van der Waals surface area contributed by atoms with E-state index in [1.54, 1.807) is 6.07 Å². The van der Waals surface area contributed by atoms with E-state index in [0.717, 1.165) is 19.4 Å². The molecule has 2 N–H and O–H groups in total. The van der Waals surface area contributed by atoms with Gasteiger partial charge >= 0.3 is 0 Å². The number of piperidine rings is 1. The molecule has 1 aliphatic heterocycles. The van der Waals surface area contributed by atoms with Gasteiger partial charge in [-0.1, -0.05) is 19.9 Å². The number of nitrogens with one attached hydrogen (secondary N) is 2. The van der Waals surface area contributed by atoms with Gasteiger partial charge < -0.3 is 10.6 Å². The van der Waals surface area contributed by atoms with Gasteiger partial charge in [-0.2, -0.15) is 0 Å². The fourth-order valence-corrected chi connectivity index (χ4v) is 2.68. The molecule has 1 fully saturated rings. The monoisotopic (exact) mass is 327 g/mol. The molecule has 1 aliphatic rings. The number of hydrogen-bond acceptors (Lipinski definition) is 4. The van der Waals surface area contributed by atoms with E-state index in [2.05, 4.69) is 24.5 Å². The molecule has 0 bridgehead atoms. The van der Waals surface area contributed by atoms with Crippen molar-refractivity contribution < 1.29 is 9.72 Å². The maximum absolute atomic E-state index is 12.1. The van der Waals surface area contributed by atoms with E-state index in [-0.39, 0.29) is 35.5 Å². The molecule has 0 saturated carbocycles. The molecule has 1 saturated heterocycles. The molecule has 6 nitrogen and oxygen atoms in total. The van der Waals surface area contributed by atoms with Crippen LogP contribution >= 0.6 is 12.4 Å². The fourth-order valence-electron chi connectivity index (χ4n) is 2.68. The lowest BCUT2D eigenvalue weighted by molar-refractivity contribution is -0.384. The Morgan fingerprint density at radius 1 is 1.50 bits per heavy atom. The van der Waals surface area contributed by atoms with E-state index in [4.69, 9.17) is 0 Å². The summed E-state index contributed by atoms with van der Waals surface area (Å²) in [7, 11) is 0. The Labute approximate surface area is 136 Å². The van der Waals surface area contributed by atoms with Crippen LogP contribution in [0, 0.1) is 15.5 Å². The number of nitro benzene ring substituents is 1. The van der Waals surface area contributed by atoms with Crippen molar-refractivity contribution in [3.05, 3.63) is 39.9 Å². The van der Waals surface area contributed by atoms with E-state index in [9.17, 15) is 14.9 Å². The van der Waals surface area contributed by atoms with Gasteiger partial charge in [0.15, 0.2) is 0 Å². The van der Waals surface area contributed by atoms with Gasteiger partial charge in [-0.05, 0) is 30.9 Å². The summed E-state index contributed by atoms with van der Waals surface area (Å²) in [5.41, 5.74) is 0.380. The molecule has 1 amide bonds. The first-order chi connectivity index (χ1) is 9.90. The van der Waals surface area contributed by atoms with Gasteiger partial charge in [-0.15, -0.1) is 12.4 Å². The number of rotatable bonds is 4. The highest BCUT2D eigenvalue weighted by molar-refractivity contribution is 5.94. The Hall–Kier alpha value is -1.66. The topological polar surface area (TPSA) is 84.3 Å². The molecule has 1 aromatic rings. The molecule has 0 aliphatic carbocycles. The van der Waals surface area contributed by atoms with Gasteiger partial charge in [0.1, 0.15) is 0 Å². The van der Waals surface area contributed by atoms with Crippen LogP contribution in [0.15, 0.2) is 24.3 Å². The minimum Gasteiger partial charge on any atom is -0.350 e. The third-order valence-electron chi connectivity index (χ3n) is 4.12. The zero-order chi connectivity index (χ0) is 15.5. The standard InChI is InChI=1S/C15H21N3O3.ClH/c1-15(2)7-4-8-16-13(15)10-17-14(19)11-5-3-6-12(9-11)18(20)21;/h3,5-6,9,13,16H,4,7-8,10H2,1-2H3,(H,17,19);1H. The largest absolute Gasteiger partial charge is 0.350 e. The summed E-state index contributed by atoms with van der Waals surface area (Å²) in [5.74, 6) is -0.276. The van der Waals surface area contributed by atoms with E-state index >= 15 is 0 Å². The van der Waals surface area contributed by atoms with Crippen LogP contribution in [0.25, 0.3) is 0 Å². The molecular formula is C15H22ClN3O3. The van der Waals surface area contributed by atoms with Gasteiger partial charge in [0, 0.05) is 30.3 Å². The third kappa shape index (κ3) is 4.42. The van der Waals surface area contributed by atoms with Crippen LogP contribution in [0.1, 0.15) is 37.0 Å². The van der Waals surface area contributed by atoms with Crippen LogP contribution in [0.4, 0.5) is 5.69 Å². The van der Waals surface area contributed by atoms with Crippen LogP contribution in [-0.4, -0.2) is 30.0 Å². The van der Waals surface area contributed by atoms with Crippen molar-refractivity contribution in [3.8, 4) is 0 Å². The van der Waals surface area contributed by atoms with Gasteiger partial charge in [-0.3, -0.25) is 14.9 Å². The second-order valence-corrected chi connectivity index (χ2v) is 6.12. The van der Waals surface area contributed by atoms with Crippen molar-refractivity contribution in [2.24, 2.45) is 5.41 Å². The fraction of sp³-hybridized carbons (Fsp3) is 0.533. The van der Waals surface area contributed by atoms with Crippen LogP contribution in [0.3, 0.4) is 0 Å². The molecule has 122 valence electrons. The number of nitrogens with zero attached hydrogens (tertiary/aromatic N) is 1. The quantitative estimate of drug-likeness (QED) is 0.657. The highest BCUT2D eigenvalue weighted by Crippen LogP contribution is 2.29. The highest BCUT2D eigenvalue weighted by Gasteiger charge is 2.32. The Kier molecular flexibility index (Phi) is 6.32. The Balaban J connectivity index is 0.00000242. The average Bonchev–Trinajstić information content (AvgIpc) is 2.45. The SMILES string of the molecule is CC1(C)CCCNC1CNC(=O)c1cccc([N+](=O)[O-])c1.Cl. The third-order valence-corrected chi connectivity index (χ3v) is 4.12. The maximum atomic E-state index is 12.1. The summed E-state index contributed by atoms with van der Waals surface area (Å²) in [4.78, 5) is 22.3. The summed E-state index contributed by atoms with van der Waals surface area (Å²) >= 11 is 0. The summed E-state index contributed by atoms with van der Waals surface area (Å²) in [6, 6.07) is 6.00. The average molecular weight is 328 g/mol. The number of hydrogen-bond donors (Lipinski definition) is 2. The molecule has 1 atom stereocenters. The lowest BCUT2D eigenvalue weighted by Gasteiger charge is -2.39. The van der Waals surface area contributed by atoms with Crippen molar-refractivity contribution >= 4 is 24.0 Å². The van der Waals surface area contributed by atoms with Crippen molar-refractivity contribution in [2.75, 3.05) is 13.1 Å². The normalized spacial score (nSPS) is 19.8. The minimum atomic E-state index is -0.497. The van der Waals surface area contributed by atoms with Crippen molar-refractivity contribution in [2.45, 2.75) is 32.7 Å². The smallest absolute Gasteiger partial charge is 0.270 e. The first kappa shape index (κ1) is 18.4. The number of benzene rings is 1. The van der Waals surface area contributed by atoms with Crippen LogP contribution in [0.5, 0.6) is 0 Å². The molecule has 7 heteroatoms. The van der Waals surface area contributed by atoms with E-state index < -0.39 is 4.92 Å². The molecule has 1 heterocycles. The summed E-state index contributed by atoms with van der Waals surface area (Å²) in [5, 5.41) is 17.0. The molecule has 1 aromatic carbocycles. The first-order valence-corrected chi connectivity index (χ1v) is 7.16. The molecule has 0 aromatic heterocycles. The molecular weight excluding hydrogens is 306 g/mol. The Bertz CT molecular complexity index is 549. The van der Waals surface area contributed by atoms with Gasteiger partial charge in [0.05, 0.1) is 4.92 Å². The predicted octanol–water partition coefficient (Wildman–Crippen LogP) is 2.52. The molecule has 1 unspecified atom stereocenters. The summed E-state index contributed by atoms with van der Waals surface area (Å²) < 4.78 is 0. The van der Waals surface area contributed by atoms with Gasteiger partial charge in [0.25, 0.3) is 11.6 Å². The zero-order valence-corrected chi connectivity index (χ0v) is 13.6. The van der Waals surface area contributed by atoms with Crippen molar-refractivity contribution in [1.29, 1.82) is 0 Å². The van der Waals surface area contributed by atoms with E-state index in [0.29, 0.717) is 12.1 Å². The lowest BCUT2D eigenvalue weighted by Crippen LogP contribution is -2.52. The predicted molar refractivity (Wildman–Crippen MR) is 87.5 cm³/mol. The number of non-ortho nitro benzene ring substituents is 1. The number of nitro groups is 1. The Morgan fingerprint density at radius 2 is 2.23 bits per heavy atom.